The maximum absolute atomic E-state index is 12.8. The molecule has 0 radical (unpaired) electrons. The minimum absolute atomic E-state index is 0.0608. The number of aromatic nitrogens is 2. The quantitative estimate of drug-likeness (QED) is 0.412. The number of rotatable bonds is 6. The number of carbonyl (C=O) groups is 1. The zero-order valence-corrected chi connectivity index (χ0v) is 14.4. The van der Waals surface area contributed by atoms with Gasteiger partial charge in [0.25, 0.3) is 5.56 Å². The van der Waals surface area contributed by atoms with Crippen molar-refractivity contribution >= 4 is 22.9 Å². The molecule has 27 heavy (non-hydrogen) atoms. The first kappa shape index (κ1) is 18.3. The Bertz CT molecular complexity index is 1100. The number of carbonyl (C=O) groups excluding carboxylic acids is 1. The molecule has 3 rings (SSSR count). The van der Waals surface area contributed by atoms with E-state index in [2.05, 4.69) is 4.98 Å². The summed E-state index contributed by atoms with van der Waals surface area (Å²) in [6, 6.07) is 12.4. The Morgan fingerprint density at radius 1 is 1.11 bits per heavy atom. The largest absolute Gasteiger partial charge is 0.462 e. The predicted molar refractivity (Wildman–Crippen MR) is 99.8 cm³/mol. The number of esters is 1. The molecule has 0 aliphatic carbocycles. The highest BCUT2D eigenvalue weighted by atomic mass is 19.1. The summed E-state index contributed by atoms with van der Waals surface area (Å²) in [5.74, 6) is -0.910. The fourth-order valence-corrected chi connectivity index (χ4v) is 2.58. The summed E-state index contributed by atoms with van der Waals surface area (Å²) < 4.78 is 18.9. The molecule has 0 amide bonds. The van der Waals surface area contributed by atoms with Gasteiger partial charge < -0.3 is 9.72 Å². The Morgan fingerprint density at radius 3 is 2.63 bits per heavy atom. The van der Waals surface area contributed by atoms with Gasteiger partial charge in [-0.15, -0.1) is 0 Å². The first-order chi connectivity index (χ1) is 13.0. The second-order valence-electron chi connectivity index (χ2n) is 5.84. The van der Waals surface area contributed by atoms with Crippen molar-refractivity contribution in [1.82, 2.24) is 9.55 Å². The van der Waals surface area contributed by atoms with Gasteiger partial charge in [-0.05, 0) is 42.3 Å². The van der Waals surface area contributed by atoms with Gasteiger partial charge in [0.15, 0.2) is 0 Å². The van der Waals surface area contributed by atoms with E-state index in [4.69, 9.17) is 4.74 Å². The molecular weight excluding hydrogens is 351 g/mol. The molecule has 0 aliphatic rings. The molecule has 0 atom stereocenters. The number of nitrogens with zero attached hydrogens (tertiary/aromatic N) is 1. The van der Waals surface area contributed by atoms with E-state index >= 15 is 0 Å². The van der Waals surface area contributed by atoms with Crippen molar-refractivity contribution < 1.29 is 13.9 Å². The fraction of sp³-hybridized carbons (Fsp3) is 0.150. The van der Waals surface area contributed by atoms with Crippen molar-refractivity contribution in [3.8, 4) is 0 Å². The maximum Gasteiger partial charge on any atom is 0.330 e. The van der Waals surface area contributed by atoms with E-state index in [1.807, 2.05) is 0 Å². The zero-order chi connectivity index (χ0) is 19.2. The van der Waals surface area contributed by atoms with Gasteiger partial charge in [0.2, 0.25) is 0 Å². The molecule has 0 unspecified atom stereocenters. The Labute approximate surface area is 153 Å². The summed E-state index contributed by atoms with van der Waals surface area (Å²) >= 11 is 0. The highest BCUT2D eigenvalue weighted by molar-refractivity contribution is 5.87. The molecule has 1 heterocycles. The van der Waals surface area contributed by atoms with Crippen LogP contribution in [0.1, 0.15) is 12.0 Å². The van der Waals surface area contributed by atoms with Crippen LogP contribution in [-0.4, -0.2) is 22.1 Å². The van der Waals surface area contributed by atoms with E-state index in [9.17, 15) is 18.8 Å². The number of H-pyrrole nitrogens is 1. The zero-order valence-electron chi connectivity index (χ0n) is 14.4. The second-order valence-corrected chi connectivity index (χ2v) is 5.84. The number of halogens is 1. The van der Waals surface area contributed by atoms with Crippen molar-refractivity contribution in [3.63, 3.8) is 0 Å². The molecule has 0 bridgehead atoms. The summed E-state index contributed by atoms with van der Waals surface area (Å²) in [6.07, 6.45) is 3.07. The first-order valence-corrected chi connectivity index (χ1v) is 8.37. The van der Waals surface area contributed by atoms with E-state index in [1.165, 1.54) is 36.4 Å². The Morgan fingerprint density at radius 2 is 1.85 bits per heavy atom. The Hall–Kier alpha value is -3.48. The minimum Gasteiger partial charge on any atom is -0.462 e. The normalized spacial score (nSPS) is 11.1. The third kappa shape index (κ3) is 4.58. The van der Waals surface area contributed by atoms with Gasteiger partial charge in [-0.2, -0.15) is 0 Å². The van der Waals surface area contributed by atoms with Gasteiger partial charge in [0, 0.05) is 12.6 Å². The average molecular weight is 368 g/mol. The van der Waals surface area contributed by atoms with E-state index in [0.717, 1.165) is 4.57 Å². The van der Waals surface area contributed by atoms with Crippen LogP contribution in [-0.2, 0) is 16.1 Å². The first-order valence-electron chi connectivity index (χ1n) is 8.37. The number of benzene rings is 2. The molecule has 0 spiro atoms. The molecule has 1 aromatic heterocycles. The van der Waals surface area contributed by atoms with Crippen molar-refractivity contribution in [2.45, 2.75) is 13.0 Å². The van der Waals surface area contributed by atoms with Crippen LogP contribution in [0.25, 0.3) is 17.0 Å². The lowest BCUT2D eigenvalue weighted by molar-refractivity contribution is -0.137. The third-order valence-electron chi connectivity index (χ3n) is 3.94. The topological polar surface area (TPSA) is 81.2 Å². The molecule has 1 N–H and O–H groups in total. The standard InChI is InChI=1S/C20H17FN2O4/c21-15-9-6-14(7-10-15)8-11-18(24)27-13-3-12-23-19(25)16-4-1-2-5-17(16)22-20(23)26/h1-2,4-11H,3,12-13H2,(H,22,26). The van der Waals surface area contributed by atoms with Crippen molar-refractivity contribution in [2.24, 2.45) is 0 Å². The van der Waals surface area contributed by atoms with Crippen LogP contribution in [0, 0.1) is 5.82 Å². The number of aromatic amines is 1. The van der Waals surface area contributed by atoms with Gasteiger partial charge in [-0.3, -0.25) is 9.36 Å². The van der Waals surface area contributed by atoms with Crippen LogP contribution in [0.4, 0.5) is 4.39 Å². The lowest BCUT2D eigenvalue weighted by atomic mass is 10.2. The monoisotopic (exact) mass is 368 g/mol. The maximum atomic E-state index is 12.8. The molecule has 0 fully saturated rings. The molecule has 138 valence electrons. The molecule has 2 aromatic carbocycles. The van der Waals surface area contributed by atoms with E-state index in [1.54, 1.807) is 24.3 Å². The molecular formula is C20H17FN2O4. The van der Waals surface area contributed by atoms with E-state index in [0.29, 0.717) is 22.9 Å². The van der Waals surface area contributed by atoms with Gasteiger partial charge in [0.1, 0.15) is 5.82 Å². The van der Waals surface area contributed by atoms with Crippen molar-refractivity contribution in [2.75, 3.05) is 6.61 Å². The number of fused-ring (bicyclic) bond motifs is 1. The number of ether oxygens (including phenoxy) is 1. The van der Waals surface area contributed by atoms with Gasteiger partial charge in [-0.25, -0.2) is 14.0 Å². The van der Waals surface area contributed by atoms with Gasteiger partial charge in [0.05, 0.1) is 17.5 Å². The Kier molecular flexibility index (Phi) is 5.61. The Balaban J connectivity index is 1.55. The average Bonchev–Trinajstić information content (AvgIpc) is 2.67. The van der Waals surface area contributed by atoms with Crippen molar-refractivity contribution in [3.05, 3.63) is 86.8 Å². The number of para-hydroxylation sites is 1. The summed E-state index contributed by atoms with van der Waals surface area (Å²) in [5.41, 5.74) is 0.279. The van der Waals surface area contributed by atoms with Crippen LogP contribution in [0.15, 0.2) is 64.2 Å². The molecule has 7 heteroatoms. The lowest BCUT2D eigenvalue weighted by Crippen LogP contribution is -2.35. The second kappa shape index (κ2) is 8.27. The van der Waals surface area contributed by atoms with E-state index in [-0.39, 0.29) is 24.5 Å². The molecule has 0 saturated carbocycles. The van der Waals surface area contributed by atoms with Gasteiger partial charge in [-0.1, -0.05) is 24.3 Å². The van der Waals surface area contributed by atoms with Crippen LogP contribution in [0.3, 0.4) is 0 Å². The number of hydrogen-bond donors (Lipinski definition) is 1. The summed E-state index contributed by atoms with van der Waals surface area (Å²) in [6.45, 7) is 0.194. The smallest absolute Gasteiger partial charge is 0.330 e. The molecule has 3 aromatic rings. The number of nitrogens with one attached hydrogen (secondary N) is 1. The molecule has 6 nitrogen and oxygen atoms in total. The van der Waals surface area contributed by atoms with E-state index < -0.39 is 11.7 Å². The summed E-state index contributed by atoms with van der Waals surface area (Å²) in [5, 5.41) is 0.427. The highest BCUT2D eigenvalue weighted by Gasteiger charge is 2.07. The fourth-order valence-electron chi connectivity index (χ4n) is 2.58. The van der Waals surface area contributed by atoms with Crippen molar-refractivity contribution in [1.29, 1.82) is 0 Å². The predicted octanol–water partition coefficient (Wildman–Crippen LogP) is 2.48. The summed E-state index contributed by atoms with van der Waals surface area (Å²) in [4.78, 5) is 38.7. The number of hydrogen-bond acceptors (Lipinski definition) is 4. The summed E-state index contributed by atoms with van der Waals surface area (Å²) in [7, 11) is 0. The molecule has 0 aliphatic heterocycles. The van der Waals surface area contributed by atoms with Gasteiger partial charge >= 0.3 is 11.7 Å². The highest BCUT2D eigenvalue weighted by Crippen LogP contribution is 2.05. The van der Waals surface area contributed by atoms with Crippen LogP contribution in [0.5, 0.6) is 0 Å². The van der Waals surface area contributed by atoms with Crippen LogP contribution >= 0.6 is 0 Å². The minimum atomic E-state index is -0.556. The molecule has 0 saturated heterocycles. The SMILES string of the molecule is O=C(C=Cc1ccc(F)cc1)OCCCn1c(=O)[nH]c2ccccc2c1=O. The third-order valence-corrected chi connectivity index (χ3v) is 3.94. The van der Waals surface area contributed by atoms with Crippen LogP contribution < -0.4 is 11.2 Å². The van der Waals surface area contributed by atoms with Crippen LogP contribution in [0.2, 0.25) is 0 Å². The lowest BCUT2D eigenvalue weighted by Gasteiger charge is -2.06.